The highest BCUT2D eigenvalue weighted by Gasteiger charge is 2.32. The number of nitrogen functional groups attached to an aromatic ring is 1. The Hall–Kier alpha value is -1.99. The Morgan fingerprint density at radius 3 is 2.45 bits per heavy atom. The molecule has 1 aromatic heterocycles. The number of nitrogens with zero attached hydrogens (tertiary/aromatic N) is 1. The molecule has 5 nitrogen and oxygen atoms in total. The third kappa shape index (κ3) is 4.01. The number of hydrogen-bond acceptors (Lipinski definition) is 4. The molecule has 112 valence electrons. The standard InChI is InChI=1S/C12H17F3N4O/c1-11(2,10(20)17-3)6-18-9-5-7(12(13,14)15)4-8(16)19-9/h4-5H,6H2,1-3H3,(H,17,20)(H3,16,18,19). The van der Waals surface area contributed by atoms with Crippen LogP contribution in [0, 0.1) is 5.41 Å². The third-order valence-electron chi connectivity index (χ3n) is 2.73. The number of alkyl halides is 3. The first-order valence-corrected chi connectivity index (χ1v) is 5.87. The SMILES string of the molecule is CNC(=O)C(C)(C)CNc1cc(C(F)(F)F)cc(N)n1. The highest BCUT2D eigenvalue weighted by Crippen LogP contribution is 2.31. The zero-order valence-electron chi connectivity index (χ0n) is 11.4. The molecule has 0 saturated carbocycles. The Labute approximate surface area is 114 Å². The number of anilines is 2. The fourth-order valence-corrected chi connectivity index (χ4v) is 1.54. The molecule has 1 heterocycles. The molecule has 0 aliphatic rings. The van der Waals surface area contributed by atoms with Crippen molar-refractivity contribution >= 4 is 17.5 Å². The van der Waals surface area contributed by atoms with Crippen LogP contribution in [0.25, 0.3) is 0 Å². The summed E-state index contributed by atoms with van der Waals surface area (Å²) in [5, 5.41) is 5.19. The molecule has 1 aromatic rings. The molecular formula is C12H17F3N4O. The number of pyridine rings is 1. The summed E-state index contributed by atoms with van der Waals surface area (Å²) >= 11 is 0. The lowest BCUT2D eigenvalue weighted by Gasteiger charge is -2.23. The number of aromatic nitrogens is 1. The Kier molecular flexibility index (Phi) is 4.46. The van der Waals surface area contributed by atoms with Gasteiger partial charge in [-0.25, -0.2) is 4.98 Å². The summed E-state index contributed by atoms with van der Waals surface area (Å²) in [4.78, 5) is 15.3. The molecule has 8 heteroatoms. The van der Waals surface area contributed by atoms with Crippen LogP contribution in [-0.2, 0) is 11.0 Å². The average Bonchev–Trinajstić information content (AvgIpc) is 2.33. The second-order valence-corrected chi connectivity index (χ2v) is 4.98. The van der Waals surface area contributed by atoms with Crippen LogP contribution >= 0.6 is 0 Å². The van der Waals surface area contributed by atoms with Gasteiger partial charge in [0, 0.05) is 13.6 Å². The summed E-state index contributed by atoms with van der Waals surface area (Å²) < 4.78 is 37.9. The van der Waals surface area contributed by atoms with Gasteiger partial charge in [-0.1, -0.05) is 0 Å². The summed E-state index contributed by atoms with van der Waals surface area (Å²) in [5.41, 5.74) is 3.67. The summed E-state index contributed by atoms with van der Waals surface area (Å²) in [6.07, 6.45) is -4.50. The van der Waals surface area contributed by atoms with Gasteiger partial charge in [-0.2, -0.15) is 13.2 Å². The van der Waals surface area contributed by atoms with Crippen molar-refractivity contribution < 1.29 is 18.0 Å². The maximum atomic E-state index is 12.6. The van der Waals surface area contributed by atoms with E-state index in [4.69, 9.17) is 5.73 Å². The molecule has 0 aliphatic carbocycles. The molecule has 0 saturated heterocycles. The summed E-state index contributed by atoms with van der Waals surface area (Å²) in [7, 11) is 1.49. The van der Waals surface area contributed by atoms with E-state index in [0.29, 0.717) is 0 Å². The van der Waals surface area contributed by atoms with Gasteiger partial charge in [0.25, 0.3) is 0 Å². The molecule has 4 N–H and O–H groups in total. The minimum absolute atomic E-state index is 0.0192. The van der Waals surface area contributed by atoms with E-state index in [2.05, 4.69) is 15.6 Å². The van der Waals surface area contributed by atoms with E-state index in [9.17, 15) is 18.0 Å². The number of carbonyl (C=O) groups excluding carboxylic acids is 1. The number of nitrogens with one attached hydrogen (secondary N) is 2. The summed E-state index contributed by atoms with van der Waals surface area (Å²) in [6.45, 7) is 3.45. The zero-order chi connectivity index (χ0) is 15.6. The molecule has 0 spiro atoms. The van der Waals surface area contributed by atoms with Gasteiger partial charge in [0.1, 0.15) is 11.6 Å². The number of amides is 1. The lowest BCUT2D eigenvalue weighted by Crippen LogP contribution is -2.39. The second-order valence-electron chi connectivity index (χ2n) is 4.98. The van der Waals surface area contributed by atoms with E-state index in [0.717, 1.165) is 12.1 Å². The molecule has 20 heavy (non-hydrogen) atoms. The molecule has 0 bridgehead atoms. The molecule has 0 atom stereocenters. The fraction of sp³-hybridized carbons (Fsp3) is 0.500. The topological polar surface area (TPSA) is 80.0 Å². The fourth-order valence-electron chi connectivity index (χ4n) is 1.54. The van der Waals surface area contributed by atoms with Gasteiger partial charge in [0.05, 0.1) is 11.0 Å². The smallest absolute Gasteiger partial charge is 0.384 e. The number of hydrogen-bond donors (Lipinski definition) is 3. The lowest BCUT2D eigenvalue weighted by atomic mass is 9.92. The predicted molar refractivity (Wildman–Crippen MR) is 70.0 cm³/mol. The van der Waals surface area contributed by atoms with Crippen LogP contribution in [0.15, 0.2) is 12.1 Å². The number of halogens is 3. The van der Waals surface area contributed by atoms with Crippen LogP contribution in [0.5, 0.6) is 0 Å². The Bertz CT molecular complexity index is 500. The van der Waals surface area contributed by atoms with E-state index in [1.54, 1.807) is 13.8 Å². The summed E-state index contributed by atoms with van der Waals surface area (Å²) in [5.74, 6) is -0.487. The van der Waals surface area contributed by atoms with Crippen LogP contribution in [0.3, 0.4) is 0 Å². The normalized spacial score (nSPS) is 12.1. The second kappa shape index (κ2) is 5.56. The van der Waals surface area contributed by atoms with Crippen LogP contribution in [0.2, 0.25) is 0 Å². The molecule has 0 fully saturated rings. The van der Waals surface area contributed by atoms with E-state index in [1.807, 2.05) is 0 Å². The van der Waals surface area contributed by atoms with Gasteiger partial charge in [-0.05, 0) is 26.0 Å². The van der Waals surface area contributed by atoms with Crippen molar-refractivity contribution in [3.8, 4) is 0 Å². The van der Waals surface area contributed by atoms with Crippen molar-refractivity contribution in [1.29, 1.82) is 0 Å². The first kappa shape index (κ1) is 16.1. The molecule has 0 unspecified atom stereocenters. The maximum Gasteiger partial charge on any atom is 0.416 e. The van der Waals surface area contributed by atoms with Gasteiger partial charge >= 0.3 is 6.18 Å². The van der Waals surface area contributed by atoms with Crippen LogP contribution in [0.1, 0.15) is 19.4 Å². The molecular weight excluding hydrogens is 273 g/mol. The minimum Gasteiger partial charge on any atom is -0.384 e. The van der Waals surface area contributed by atoms with E-state index >= 15 is 0 Å². The molecule has 1 amide bonds. The van der Waals surface area contributed by atoms with Crippen molar-refractivity contribution in [3.05, 3.63) is 17.7 Å². The Balaban J connectivity index is 2.89. The molecule has 1 rings (SSSR count). The van der Waals surface area contributed by atoms with Gasteiger partial charge in [-0.15, -0.1) is 0 Å². The maximum absolute atomic E-state index is 12.6. The quantitative estimate of drug-likeness (QED) is 0.791. The van der Waals surface area contributed by atoms with Crippen molar-refractivity contribution in [3.63, 3.8) is 0 Å². The average molecular weight is 290 g/mol. The monoisotopic (exact) mass is 290 g/mol. The van der Waals surface area contributed by atoms with E-state index in [1.165, 1.54) is 7.05 Å². The molecule has 0 radical (unpaired) electrons. The third-order valence-corrected chi connectivity index (χ3v) is 2.73. The minimum atomic E-state index is -4.50. The van der Waals surface area contributed by atoms with Crippen LogP contribution < -0.4 is 16.4 Å². The number of rotatable bonds is 4. The van der Waals surface area contributed by atoms with Gasteiger partial charge in [0.2, 0.25) is 5.91 Å². The Morgan fingerprint density at radius 2 is 1.95 bits per heavy atom. The van der Waals surface area contributed by atoms with Crippen molar-refractivity contribution in [2.24, 2.45) is 5.41 Å². The first-order valence-electron chi connectivity index (χ1n) is 5.87. The summed E-state index contributed by atoms with van der Waals surface area (Å²) in [6, 6.07) is 1.62. The molecule has 0 aliphatic heterocycles. The Morgan fingerprint density at radius 1 is 1.35 bits per heavy atom. The van der Waals surface area contributed by atoms with E-state index < -0.39 is 17.2 Å². The van der Waals surface area contributed by atoms with Gasteiger partial charge in [0.15, 0.2) is 0 Å². The van der Waals surface area contributed by atoms with Crippen molar-refractivity contribution in [2.45, 2.75) is 20.0 Å². The first-order chi connectivity index (χ1) is 9.06. The number of carbonyl (C=O) groups is 1. The zero-order valence-corrected chi connectivity index (χ0v) is 11.4. The van der Waals surface area contributed by atoms with Crippen LogP contribution in [-0.4, -0.2) is 24.5 Å². The molecule has 0 aromatic carbocycles. The highest BCUT2D eigenvalue weighted by molar-refractivity contribution is 5.82. The van der Waals surface area contributed by atoms with Crippen molar-refractivity contribution in [2.75, 3.05) is 24.6 Å². The van der Waals surface area contributed by atoms with Gasteiger partial charge < -0.3 is 16.4 Å². The van der Waals surface area contributed by atoms with Crippen LogP contribution in [0.4, 0.5) is 24.8 Å². The van der Waals surface area contributed by atoms with E-state index in [-0.39, 0.29) is 24.1 Å². The highest BCUT2D eigenvalue weighted by atomic mass is 19.4. The number of nitrogens with two attached hydrogens (primary N) is 1. The van der Waals surface area contributed by atoms with Crippen molar-refractivity contribution in [1.82, 2.24) is 10.3 Å². The van der Waals surface area contributed by atoms with Gasteiger partial charge in [-0.3, -0.25) is 4.79 Å². The largest absolute Gasteiger partial charge is 0.416 e. The lowest BCUT2D eigenvalue weighted by molar-refractivity contribution is -0.137. The predicted octanol–water partition coefficient (Wildman–Crippen LogP) is 1.87.